The fraction of sp³-hybridized carbons (Fsp3) is 0.188. The molecule has 5 nitrogen and oxygen atoms in total. The van der Waals surface area contributed by atoms with Crippen molar-refractivity contribution in [3.63, 3.8) is 0 Å². The van der Waals surface area contributed by atoms with Crippen LogP contribution in [0.4, 0.5) is 0 Å². The van der Waals surface area contributed by atoms with Gasteiger partial charge in [0.1, 0.15) is 5.57 Å². The van der Waals surface area contributed by atoms with E-state index in [0.29, 0.717) is 27.4 Å². The maximum atomic E-state index is 12.5. The number of nitrogens with zero attached hydrogens (tertiary/aromatic N) is 1. The zero-order valence-electron chi connectivity index (χ0n) is 12.8. The average molecular weight is 430 g/mol. The normalized spacial score (nSPS) is 16.4. The minimum absolute atomic E-state index is 0.0300. The van der Waals surface area contributed by atoms with Gasteiger partial charge in [-0.1, -0.05) is 17.7 Å². The van der Waals surface area contributed by atoms with Crippen molar-refractivity contribution < 1.29 is 14.3 Å². The van der Waals surface area contributed by atoms with Crippen LogP contribution in [0.1, 0.15) is 12.5 Å². The quantitative estimate of drug-likeness (QED) is 0.338. The van der Waals surface area contributed by atoms with Gasteiger partial charge >= 0.3 is 0 Å². The Hall–Kier alpha value is -1.70. The van der Waals surface area contributed by atoms with Crippen molar-refractivity contribution in [3.05, 3.63) is 45.4 Å². The van der Waals surface area contributed by atoms with Crippen LogP contribution in [0.15, 0.2) is 34.8 Å². The van der Waals surface area contributed by atoms with Gasteiger partial charge in [-0.25, -0.2) is 0 Å². The van der Waals surface area contributed by atoms with Gasteiger partial charge < -0.3 is 4.74 Å². The van der Waals surface area contributed by atoms with Gasteiger partial charge in [0.05, 0.1) is 16.1 Å². The minimum Gasteiger partial charge on any atom is -0.491 e. The second-order valence-electron chi connectivity index (χ2n) is 4.77. The lowest BCUT2D eigenvalue weighted by molar-refractivity contribution is -0.128. The molecule has 1 N–H and O–H groups in total. The molecule has 24 heavy (non-hydrogen) atoms. The molecule has 2 rings (SSSR count). The molecule has 1 aliphatic rings. The van der Waals surface area contributed by atoms with Crippen LogP contribution >= 0.6 is 39.7 Å². The summed E-state index contributed by atoms with van der Waals surface area (Å²) in [5, 5.41) is 2.93. The van der Waals surface area contributed by atoms with Crippen LogP contribution in [-0.2, 0) is 9.59 Å². The van der Waals surface area contributed by atoms with Gasteiger partial charge in [0.15, 0.2) is 10.9 Å². The average Bonchev–Trinajstić information content (AvgIpc) is 2.51. The highest BCUT2D eigenvalue weighted by atomic mass is 79.9. The fourth-order valence-electron chi connectivity index (χ4n) is 2.10. The number of hydrogen-bond donors (Lipinski definition) is 1. The second-order valence-corrected chi connectivity index (χ2v) is 6.42. The van der Waals surface area contributed by atoms with E-state index in [1.54, 1.807) is 12.1 Å². The number of carbonyl (C=O) groups excluding carboxylic acids is 2. The predicted octanol–water partition coefficient (Wildman–Crippen LogP) is 3.31. The van der Waals surface area contributed by atoms with Gasteiger partial charge in [-0.15, -0.1) is 6.58 Å². The zero-order chi connectivity index (χ0) is 17.9. The van der Waals surface area contributed by atoms with Crippen LogP contribution < -0.4 is 10.1 Å². The first-order chi connectivity index (χ1) is 11.4. The summed E-state index contributed by atoms with van der Waals surface area (Å²) in [6.45, 7) is 6.10. The summed E-state index contributed by atoms with van der Waals surface area (Å²) < 4.78 is 6.07. The highest BCUT2D eigenvalue weighted by Gasteiger charge is 2.32. The summed E-state index contributed by atoms with van der Waals surface area (Å²) in [5.74, 6) is -0.522. The van der Waals surface area contributed by atoms with Crippen molar-refractivity contribution in [3.8, 4) is 5.75 Å². The molecule has 0 bridgehead atoms. The molecular weight excluding hydrogens is 416 g/mol. The molecule has 0 unspecified atom stereocenters. The van der Waals surface area contributed by atoms with E-state index >= 15 is 0 Å². The van der Waals surface area contributed by atoms with E-state index in [9.17, 15) is 9.59 Å². The minimum atomic E-state index is -0.550. The third-order valence-corrected chi connectivity index (χ3v) is 4.31. The highest BCUT2D eigenvalue weighted by Crippen LogP contribution is 2.35. The van der Waals surface area contributed by atoms with E-state index < -0.39 is 11.8 Å². The first kappa shape index (κ1) is 18.6. The van der Waals surface area contributed by atoms with E-state index in [1.165, 1.54) is 17.1 Å². The highest BCUT2D eigenvalue weighted by molar-refractivity contribution is 9.10. The molecule has 0 radical (unpaired) electrons. The molecule has 0 saturated carbocycles. The third kappa shape index (κ3) is 3.85. The van der Waals surface area contributed by atoms with E-state index in [0.717, 1.165) is 0 Å². The van der Waals surface area contributed by atoms with Crippen LogP contribution in [0.3, 0.4) is 0 Å². The Morgan fingerprint density at radius 2 is 2.17 bits per heavy atom. The van der Waals surface area contributed by atoms with Crippen LogP contribution in [-0.4, -0.2) is 35.0 Å². The predicted molar refractivity (Wildman–Crippen MR) is 101 cm³/mol. The zero-order valence-corrected chi connectivity index (χ0v) is 15.9. The van der Waals surface area contributed by atoms with Crippen molar-refractivity contribution in [2.24, 2.45) is 0 Å². The third-order valence-electron chi connectivity index (χ3n) is 3.12. The van der Waals surface area contributed by atoms with Crippen molar-refractivity contribution in [2.75, 3.05) is 13.2 Å². The van der Waals surface area contributed by atoms with Gasteiger partial charge in [-0.05, 0) is 58.8 Å². The molecule has 126 valence electrons. The van der Waals surface area contributed by atoms with E-state index in [4.69, 9.17) is 28.6 Å². The van der Waals surface area contributed by atoms with Gasteiger partial charge in [0.25, 0.3) is 11.8 Å². The Bertz CT molecular complexity index is 741. The fourth-order valence-corrected chi connectivity index (χ4v) is 3.34. The number of hydrogen-bond acceptors (Lipinski definition) is 4. The number of nitrogens with one attached hydrogen (secondary N) is 1. The van der Waals surface area contributed by atoms with Crippen LogP contribution in [0, 0.1) is 0 Å². The monoisotopic (exact) mass is 428 g/mol. The van der Waals surface area contributed by atoms with Crippen molar-refractivity contribution >= 4 is 62.8 Å². The molecule has 0 aliphatic carbocycles. The summed E-state index contributed by atoms with van der Waals surface area (Å²) in [7, 11) is 0. The van der Waals surface area contributed by atoms with E-state index in [-0.39, 0.29) is 17.2 Å². The first-order valence-electron chi connectivity index (χ1n) is 7.00. The van der Waals surface area contributed by atoms with Crippen LogP contribution in [0.2, 0.25) is 5.02 Å². The molecule has 2 amide bonds. The van der Waals surface area contributed by atoms with Crippen LogP contribution in [0.25, 0.3) is 6.08 Å². The standard InChI is InChI=1S/C16H14BrClN2O3S/c1-3-5-20-15(22)10(14(21)19-16(20)24)6-9-7-11(17)13(23-4-2)12(18)8-9/h3,6-8H,1,4-5H2,2H3,(H,19,21,24)/b10-6+. The lowest BCUT2D eigenvalue weighted by atomic mass is 10.1. The largest absolute Gasteiger partial charge is 0.491 e. The molecule has 1 saturated heterocycles. The molecule has 0 atom stereocenters. The molecule has 1 aromatic rings. The number of halogens is 2. The number of ether oxygens (including phenoxy) is 1. The second kappa shape index (κ2) is 7.92. The molecule has 1 aromatic carbocycles. The Kier molecular flexibility index (Phi) is 6.15. The number of rotatable bonds is 5. The smallest absolute Gasteiger partial charge is 0.265 e. The molecule has 0 aromatic heterocycles. The topological polar surface area (TPSA) is 58.6 Å². The molecule has 8 heteroatoms. The van der Waals surface area contributed by atoms with E-state index in [2.05, 4.69) is 27.8 Å². The summed E-state index contributed by atoms with van der Waals surface area (Å²) in [6, 6.07) is 3.34. The van der Waals surface area contributed by atoms with Crippen molar-refractivity contribution in [1.29, 1.82) is 0 Å². The van der Waals surface area contributed by atoms with Gasteiger partial charge in [-0.2, -0.15) is 0 Å². The molecule has 1 aliphatic heterocycles. The SMILES string of the molecule is C=CCN1C(=O)/C(=C/c2cc(Cl)c(OCC)c(Br)c2)C(=O)NC1=S. The molecule has 1 fully saturated rings. The van der Waals surface area contributed by atoms with Gasteiger partial charge in [-0.3, -0.25) is 19.8 Å². The molecule has 0 spiro atoms. The lowest BCUT2D eigenvalue weighted by Gasteiger charge is -2.27. The van der Waals surface area contributed by atoms with Gasteiger partial charge in [0, 0.05) is 6.54 Å². The Morgan fingerprint density at radius 3 is 2.75 bits per heavy atom. The van der Waals surface area contributed by atoms with Gasteiger partial charge in [0.2, 0.25) is 0 Å². The van der Waals surface area contributed by atoms with Crippen molar-refractivity contribution in [1.82, 2.24) is 10.2 Å². The summed E-state index contributed by atoms with van der Waals surface area (Å²) in [4.78, 5) is 25.8. The first-order valence-corrected chi connectivity index (χ1v) is 8.58. The Morgan fingerprint density at radius 1 is 1.46 bits per heavy atom. The van der Waals surface area contributed by atoms with E-state index in [1.807, 2.05) is 6.92 Å². The number of carbonyl (C=O) groups is 2. The maximum Gasteiger partial charge on any atom is 0.265 e. The van der Waals surface area contributed by atoms with Crippen LogP contribution in [0.5, 0.6) is 5.75 Å². The Balaban J connectivity index is 2.42. The Labute approximate surface area is 158 Å². The number of benzene rings is 1. The summed E-state index contributed by atoms with van der Waals surface area (Å²) in [5.41, 5.74) is 0.553. The molecular formula is C16H14BrClN2O3S. The molecule has 1 heterocycles. The lowest BCUT2D eigenvalue weighted by Crippen LogP contribution is -2.53. The van der Waals surface area contributed by atoms with Crippen molar-refractivity contribution in [2.45, 2.75) is 6.92 Å². The summed E-state index contributed by atoms with van der Waals surface area (Å²) >= 11 is 14.6. The number of thiocarbonyl (C=S) groups is 1. The number of amides is 2. The summed E-state index contributed by atoms with van der Waals surface area (Å²) in [6.07, 6.45) is 2.99. The maximum absolute atomic E-state index is 12.5.